The molecule has 10 heteroatoms. The van der Waals surface area contributed by atoms with E-state index >= 15 is 0 Å². The fourth-order valence-corrected chi connectivity index (χ4v) is 3.93. The number of hydrogen-bond donors (Lipinski definition) is 1. The number of rotatable bonds is 8. The van der Waals surface area contributed by atoms with Gasteiger partial charge in [0.25, 0.3) is 5.69 Å². The molecule has 9 nitrogen and oxygen atoms in total. The van der Waals surface area contributed by atoms with E-state index in [9.17, 15) is 14.9 Å². The van der Waals surface area contributed by atoms with Gasteiger partial charge in [0.1, 0.15) is 17.3 Å². The summed E-state index contributed by atoms with van der Waals surface area (Å²) < 4.78 is 7.20. The molecule has 4 rings (SSSR count). The number of anilines is 1. The molecule has 0 aliphatic heterocycles. The Labute approximate surface area is 166 Å². The lowest BCUT2D eigenvalue weighted by molar-refractivity contribution is -0.384. The lowest BCUT2D eigenvalue weighted by Crippen LogP contribution is -2.23. The summed E-state index contributed by atoms with van der Waals surface area (Å²) in [6.45, 7) is 1.76. The Hall–Kier alpha value is -2.62. The van der Waals surface area contributed by atoms with Crippen LogP contribution in [-0.4, -0.2) is 38.0 Å². The van der Waals surface area contributed by atoms with Crippen LogP contribution >= 0.6 is 11.8 Å². The standard InChI is InChI=1S/C18H21N5O4S/c1-10(17(24)19-14-8-7-13(27-2)9-15(14)23(25)26)28-18-21-20-16(11-3-4-11)22(18)12-5-6-12/h7-12H,3-6H2,1-2H3,(H,19,24)/t10-/m0/s1. The topological polar surface area (TPSA) is 112 Å². The van der Waals surface area contributed by atoms with Gasteiger partial charge in [-0.3, -0.25) is 14.9 Å². The SMILES string of the molecule is COc1ccc(NC(=O)[C@H](C)Sc2nnc(C3CC3)n2C2CC2)c([N+](=O)[O-])c1. The molecule has 1 aromatic heterocycles. The molecule has 2 fully saturated rings. The van der Waals surface area contributed by atoms with E-state index in [4.69, 9.17) is 4.74 Å². The van der Waals surface area contributed by atoms with Crippen LogP contribution in [0.4, 0.5) is 11.4 Å². The quantitative estimate of drug-likeness (QED) is 0.407. The van der Waals surface area contributed by atoms with E-state index < -0.39 is 10.2 Å². The summed E-state index contributed by atoms with van der Waals surface area (Å²) in [6.07, 6.45) is 4.52. The highest BCUT2D eigenvalue weighted by Crippen LogP contribution is 2.46. The molecule has 0 radical (unpaired) electrons. The number of benzene rings is 1. The number of carbonyl (C=O) groups is 1. The Balaban J connectivity index is 1.48. The van der Waals surface area contributed by atoms with Gasteiger partial charge in [-0.1, -0.05) is 11.8 Å². The van der Waals surface area contributed by atoms with E-state index in [0.717, 1.165) is 36.7 Å². The van der Waals surface area contributed by atoms with Gasteiger partial charge in [-0.2, -0.15) is 0 Å². The van der Waals surface area contributed by atoms with Crippen LogP contribution in [0.3, 0.4) is 0 Å². The maximum Gasteiger partial charge on any atom is 0.296 e. The van der Waals surface area contributed by atoms with Gasteiger partial charge in [0.05, 0.1) is 23.3 Å². The number of aromatic nitrogens is 3. The number of methoxy groups -OCH3 is 1. The van der Waals surface area contributed by atoms with Gasteiger partial charge in [0.15, 0.2) is 5.16 Å². The molecule has 1 heterocycles. The molecule has 0 spiro atoms. The van der Waals surface area contributed by atoms with E-state index in [2.05, 4.69) is 20.1 Å². The minimum Gasteiger partial charge on any atom is -0.496 e. The molecule has 0 bridgehead atoms. The smallest absolute Gasteiger partial charge is 0.296 e. The van der Waals surface area contributed by atoms with Crippen LogP contribution < -0.4 is 10.1 Å². The molecular formula is C18H21N5O4S. The molecule has 2 aromatic rings. The Morgan fingerprint density at radius 3 is 2.71 bits per heavy atom. The zero-order valence-electron chi connectivity index (χ0n) is 15.6. The lowest BCUT2D eigenvalue weighted by Gasteiger charge is -2.13. The predicted molar refractivity (Wildman–Crippen MR) is 104 cm³/mol. The first-order valence-electron chi connectivity index (χ1n) is 9.22. The molecule has 28 heavy (non-hydrogen) atoms. The van der Waals surface area contributed by atoms with E-state index in [1.807, 2.05) is 0 Å². The first-order chi connectivity index (χ1) is 13.5. The maximum atomic E-state index is 12.7. The molecule has 2 saturated carbocycles. The summed E-state index contributed by atoms with van der Waals surface area (Å²) >= 11 is 1.34. The zero-order valence-corrected chi connectivity index (χ0v) is 16.4. The van der Waals surface area contributed by atoms with Crippen molar-refractivity contribution in [3.05, 3.63) is 34.1 Å². The molecule has 1 N–H and O–H groups in total. The number of thioether (sulfide) groups is 1. The molecule has 2 aliphatic rings. The molecule has 0 saturated heterocycles. The molecule has 1 aromatic carbocycles. The van der Waals surface area contributed by atoms with Crippen molar-refractivity contribution < 1.29 is 14.5 Å². The van der Waals surface area contributed by atoms with Crippen molar-refractivity contribution in [3.8, 4) is 5.75 Å². The van der Waals surface area contributed by atoms with Crippen LogP contribution in [0.25, 0.3) is 0 Å². The summed E-state index contributed by atoms with van der Waals surface area (Å²) in [5, 5.41) is 22.9. The number of nitrogens with one attached hydrogen (secondary N) is 1. The second kappa shape index (κ2) is 7.42. The Morgan fingerprint density at radius 2 is 2.11 bits per heavy atom. The first kappa shape index (κ1) is 18.7. The van der Waals surface area contributed by atoms with Crippen molar-refractivity contribution in [1.82, 2.24) is 14.8 Å². The number of nitrogens with zero attached hydrogens (tertiary/aromatic N) is 4. The summed E-state index contributed by atoms with van der Waals surface area (Å²) in [5.41, 5.74) is -0.0624. The zero-order chi connectivity index (χ0) is 19.8. The molecule has 0 unspecified atom stereocenters. The van der Waals surface area contributed by atoms with Crippen LogP contribution in [0.1, 0.15) is 50.4 Å². The third-order valence-corrected chi connectivity index (χ3v) is 5.91. The Morgan fingerprint density at radius 1 is 1.36 bits per heavy atom. The minimum absolute atomic E-state index is 0.144. The Kier molecular flexibility index (Phi) is 4.96. The van der Waals surface area contributed by atoms with E-state index in [-0.39, 0.29) is 17.3 Å². The summed E-state index contributed by atoms with van der Waals surface area (Å²) in [5.74, 6) is 1.56. The van der Waals surface area contributed by atoms with Crippen molar-refractivity contribution in [2.75, 3.05) is 12.4 Å². The highest BCUT2D eigenvalue weighted by molar-refractivity contribution is 8.00. The molecule has 1 atom stereocenters. The number of nitro benzene ring substituents is 1. The summed E-state index contributed by atoms with van der Waals surface area (Å²) in [4.78, 5) is 23.4. The average molecular weight is 403 g/mol. The van der Waals surface area contributed by atoms with Gasteiger partial charge in [0.2, 0.25) is 5.91 Å². The third kappa shape index (κ3) is 3.82. The first-order valence-corrected chi connectivity index (χ1v) is 10.1. The van der Waals surface area contributed by atoms with Crippen molar-refractivity contribution in [2.45, 2.75) is 55.0 Å². The van der Waals surface area contributed by atoms with Gasteiger partial charge in [0, 0.05) is 12.0 Å². The summed E-state index contributed by atoms with van der Waals surface area (Å²) in [6, 6.07) is 4.78. The van der Waals surface area contributed by atoms with Gasteiger partial charge >= 0.3 is 0 Å². The van der Waals surface area contributed by atoms with Gasteiger partial charge < -0.3 is 14.6 Å². The van der Waals surface area contributed by atoms with Gasteiger partial charge in [-0.15, -0.1) is 10.2 Å². The second-order valence-electron chi connectivity index (χ2n) is 7.11. The van der Waals surface area contributed by atoms with Crippen LogP contribution in [0.2, 0.25) is 0 Å². The molecule has 2 aliphatic carbocycles. The largest absolute Gasteiger partial charge is 0.496 e. The maximum absolute atomic E-state index is 12.7. The van der Waals surface area contributed by atoms with Crippen molar-refractivity contribution in [1.29, 1.82) is 0 Å². The van der Waals surface area contributed by atoms with E-state index in [0.29, 0.717) is 17.7 Å². The second-order valence-corrected chi connectivity index (χ2v) is 8.41. The monoisotopic (exact) mass is 403 g/mol. The van der Waals surface area contributed by atoms with Gasteiger partial charge in [-0.25, -0.2) is 0 Å². The minimum atomic E-state index is -0.540. The normalized spacial score (nSPS) is 17.2. The number of carbonyl (C=O) groups excluding carboxylic acids is 1. The fourth-order valence-electron chi connectivity index (χ4n) is 3.01. The fraction of sp³-hybridized carbons (Fsp3) is 0.500. The van der Waals surface area contributed by atoms with Crippen molar-refractivity contribution in [2.24, 2.45) is 0 Å². The molecular weight excluding hydrogens is 382 g/mol. The molecule has 148 valence electrons. The van der Waals surface area contributed by atoms with Crippen molar-refractivity contribution >= 4 is 29.0 Å². The summed E-state index contributed by atoms with van der Waals surface area (Å²) in [7, 11) is 1.43. The van der Waals surface area contributed by atoms with Crippen LogP contribution in [0.5, 0.6) is 5.75 Å². The molecule has 1 amide bonds. The van der Waals surface area contributed by atoms with Crippen LogP contribution in [0.15, 0.2) is 23.4 Å². The number of hydrogen-bond acceptors (Lipinski definition) is 7. The number of nitro groups is 1. The number of ether oxygens (including phenoxy) is 1. The predicted octanol–water partition coefficient (Wildman–Crippen LogP) is 3.53. The van der Waals surface area contributed by atoms with E-state index in [1.165, 1.54) is 31.0 Å². The van der Waals surface area contributed by atoms with Crippen LogP contribution in [0, 0.1) is 10.1 Å². The van der Waals surface area contributed by atoms with Crippen LogP contribution in [-0.2, 0) is 4.79 Å². The lowest BCUT2D eigenvalue weighted by atomic mass is 10.2. The van der Waals surface area contributed by atoms with E-state index in [1.54, 1.807) is 13.0 Å². The van der Waals surface area contributed by atoms with Crippen molar-refractivity contribution in [3.63, 3.8) is 0 Å². The third-order valence-electron chi connectivity index (χ3n) is 4.86. The average Bonchev–Trinajstić information content (AvgIpc) is 3.60. The highest BCUT2D eigenvalue weighted by Gasteiger charge is 2.37. The highest BCUT2D eigenvalue weighted by atomic mass is 32.2. The Bertz CT molecular complexity index is 923. The number of amides is 1. The van der Waals surface area contributed by atoms with Gasteiger partial charge in [-0.05, 0) is 44.7 Å².